The molecule has 5 heteroatoms. The van der Waals surface area contributed by atoms with E-state index in [1.54, 1.807) is 30.3 Å². The Kier molecular flexibility index (Phi) is 7.40. The monoisotopic (exact) mass is 404 g/mol. The fourth-order valence-electron chi connectivity index (χ4n) is 2.93. The van der Waals surface area contributed by atoms with Gasteiger partial charge in [0, 0.05) is 29.5 Å². The summed E-state index contributed by atoms with van der Waals surface area (Å²) in [6.07, 6.45) is 3.37. The van der Waals surface area contributed by atoms with Crippen molar-refractivity contribution in [3.63, 3.8) is 0 Å². The lowest BCUT2D eigenvalue weighted by molar-refractivity contribution is 0.102. The lowest BCUT2D eigenvalue weighted by atomic mass is 10.1. The number of fused-ring (bicyclic) bond motifs is 1. The Bertz CT molecular complexity index is 1100. The van der Waals surface area contributed by atoms with Crippen molar-refractivity contribution in [1.82, 2.24) is 4.98 Å². The van der Waals surface area contributed by atoms with Gasteiger partial charge in [0.15, 0.2) is 11.6 Å². The second-order valence-corrected chi connectivity index (χ2v) is 6.99. The van der Waals surface area contributed by atoms with Crippen molar-refractivity contribution >= 4 is 22.5 Å². The van der Waals surface area contributed by atoms with Gasteiger partial charge in [-0.15, -0.1) is 11.8 Å². The van der Waals surface area contributed by atoms with Crippen LogP contribution in [-0.4, -0.2) is 17.5 Å². The van der Waals surface area contributed by atoms with E-state index in [0.29, 0.717) is 18.6 Å². The third-order valence-corrected chi connectivity index (χ3v) is 4.51. The van der Waals surface area contributed by atoms with E-state index in [2.05, 4.69) is 29.1 Å². The SMILES string of the molecule is CCCC#CCCCOc1cccc(NC(=O)c2ccc3nc(C)ccc3c2)c1F. The fraction of sp³-hybridized carbons (Fsp3) is 0.280. The highest BCUT2D eigenvalue weighted by molar-refractivity contribution is 6.06. The number of aryl methyl sites for hydroxylation is 1. The van der Waals surface area contributed by atoms with E-state index in [0.717, 1.165) is 35.9 Å². The van der Waals surface area contributed by atoms with E-state index in [-0.39, 0.29) is 17.3 Å². The fourth-order valence-corrected chi connectivity index (χ4v) is 2.93. The molecule has 0 atom stereocenters. The quantitative estimate of drug-likeness (QED) is 0.394. The predicted molar refractivity (Wildman–Crippen MR) is 118 cm³/mol. The lowest BCUT2D eigenvalue weighted by Gasteiger charge is -2.11. The maximum absolute atomic E-state index is 14.7. The minimum atomic E-state index is -0.582. The molecule has 30 heavy (non-hydrogen) atoms. The number of halogens is 1. The number of nitrogens with one attached hydrogen (secondary N) is 1. The van der Waals surface area contributed by atoms with Crippen molar-refractivity contribution in [2.24, 2.45) is 0 Å². The maximum Gasteiger partial charge on any atom is 0.255 e. The highest BCUT2D eigenvalue weighted by Gasteiger charge is 2.13. The van der Waals surface area contributed by atoms with Crippen molar-refractivity contribution < 1.29 is 13.9 Å². The first-order valence-corrected chi connectivity index (χ1v) is 10.1. The number of rotatable bonds is 7. The zero-order valence-electron chi connectivity index (χ0n) is 17.3. The molecule has 1 heterocycles. The normalized spacial score (nSPS) is 10.4. The molecule has 0 aliphatic carbocycles. The van der Waals surface area contributed by atoms with Gasteiger partial charge in [0.1, 0.15) is 0 Å². The number of carbonyl (C=O) groups is 1. The number of anilines is 1. The summed E-state index contributed by atoms with van der Waals surface area (Å²) >= 11 is 0. The van der Waals surface area contributed by atoms with Crippen LogP contribution in [0.5, 0.6) is 5.75 Å². The van der Waals surface area contributed by atoms with Crippen LogP contribution in [0.4, 0.5) is 10.1 Å². The summed E-state index contributed by atoms with van der Waals surface area (Å²) in [5.74, 6) is 5.29. The third kappa shape index (κ3) is 5.57. The van der Waals surface area contributed by atoms with Crippen LogP contribution in [0.1, 0.15) is 48.7 Å². The van der Waals surface area contributed by atoms with Crippen LogP contribution in [-0.2, 0) is 0 Å². The zero-order valence-corrected chi connectivity index (χ0v) is 17.3. The summed E-state index contributed by atoms with van der Waals surface area (Å²) in [6, 6.07) is 13.7. The topological polar surface area (TPSA) is 51.2 Å². The Hall–Kier alpha value is -3.39. The maximum atomic E-state index is 14.7. The van der Waals surface area contributed by atoms with E-state index >= 15 is 0 Å². The van der Waals surface area contributed by atoms with E-state index in [9.17, 15) is 9.18 Å². The van der Waals surface area contributed by atoms with Crippen molar-refractivity contribution in [2.75, 3.05) is 11.9 Å². The van der Waals surface area contributed by atoms with Crippen LogP contribution in [0, 0.1) is 24.6 Å². The Balaban J connectivity index is 1.64. The average Bonchev–Trinajstić information content (AvgIpc) is 2.75. The summed E-state index contributed by atoms with van der Waals surface area (Å²) in [4.78, 5) is 17.0. The average molecular weight is 404 g/mol. The largest absolute Gasteiger partial charge is 0.490 e. The molecule has 3 aromatic rings. The summed E-state index contributed by atoms with van der Waals surface area (Å²) in [5.41, 5.74) is 2.24. The number of pyridine rings is 1. The van der Waals surface area contributed by atoms with Crippen LogP contribution in [0.25, 0.3) is 10.9 Å². The molecule has 1 aromatic heterocycles. The number of benzene rings is 2. The highest BCUT2D eigenvalue weighted by atomic mass is 19.1. The van der Waals surface area contributed by atoms with Gasteiger partial charge in [-0.25, -0.2) is 4.39 Å². The van der Waals surface area contributed by atoms with Crippen LogP contribution in [0.3, 0.4) is 0 Å². The number of ether oxygens (including phenoxy) is 1. The van der Waals surface area contributed by atoms with Crippen molar-refractivity contribution in [3.8, 4) is 17.6 Å². The molecular weight excluding hydrogens is 379 g/mol. The molecule has 0 aliphatic heterocycles. The van der Waals surface area contributed by atoms with Crippen LogP contribution in [0.15, 0.2) is 48.5 Å². The number of hydrogen-bond donors (Lipinski definition) is 1. The molecule has 3 rings (SSSR count). The molecule has 2 aromatic carbocycles. The Morgan fingerprint density at radius 3 is 2.80 bits per heavy atom. The molecule has 0 aliphatic rings. The van der Waals surface area contributed by atoms with Gasteiger partial charge >= 0.3 is 0 Å². The smallest absolute Gasteiger partial charge is 0.255 e. The predicted octanol–water partition coefficient (Wildman–Crippen LogP) is 5.90. The standard InChI is InChI=1S/C25H25FN2O2/c1-3-4-5-6-7-8-16-30-23-11-9-10-22(24(23)26)28-25(29)20-14-15-21-19(17-20)13-12-18(2)27-21/h9-15,17H,3-4,7-8,16H2,1-2H3,(H,28,29). The summed E-state index contributed by atoms with van der Waals surface area (Å²) in [6.45, 7) is 4.37. The molecule has 0 spiro atoms. The summed E-state index contributed by atoms with van der Waals surface area (Å²) in [5, 5.41) is 3.49. The third-order valence-electron chi connectivity index (χ3n) is 4.51. The van der Waals surface area contributed by atoms with Gasteiger partial charge < -0.3 is 10.1 Å². The lowest BCUT2D eigenvalue weighted by Crippen LogP contribution is -2.13. The van der Waals surface area contributed by atoms with E-state index in [1.807, 2.05) is 19.1 Å². The van der Waals surface area contributed by atoms with Crippen LogP contribution in [0.2, 0.25) is 0 Å². The van der Waals surface area contributed by atoms with Crippen molar-refractivity contribution in [2.45, 2.75) is 39.5 Å². The second-order valence-electron chi connectivity index (χ2n) is 6.99. The second kappa shape index (κ2) is 10.4. The number of hydrogen-bond acceptors (Lipinski definition) is 3. The molecule has 4 nitrogen and oxygen atoms in total. The Labute approximate surface area is 176 Å². The molecule has 0 saturated carbocycles. The molecule has 1 amide bonds. The molecule has 1 N–H and O–H groups in total. The minimum Gasteiger partial charge on any atom is -0.490 e. The number of amides is 1. The van der Waals surface area contributed by atoms with E-state index < -0.39 is 5.82 Å². The van der Waals surface area contributed by atoms with Crippen molar-refractivity contribution in [3.05, 3.63) is 65.6 Å². The summed E-state index contributed by atoms with van der Waals surface area (Å²) < 4.78 is 20.3. The number of unbranched alkanes of at least 4 members (excludes halogenated alkanes) is 2. The van der Waals surface area contributed by atoms with Crippen molar-refractivity contribution in [1.29, 1.82) is 0 Å². The molecular formula is C25H25FN2O2. The summed E-state index contributed by atoms with van der Waals surface area (Å²) in [7, 11) is 0. The van der Waals surface area contributed by atoms with E-state index in [1.165, 1.54) is 6.07 Å². The molecule has 154 valence electrons. The number of carbonyl (C=O) groups excluding carboxylic acids is 1. The molecule has 0 unspecified atom stereocenters. The van der Waals surface area contributed by atoms with Gasteiger partial charge in [0.2, 0.25) is 0 Å². The molecule has 0 radical (unpaired) electrons. The molecule has 0 fully saturated rings. The van der Waals surface area contributed by atoms with Gasteiger partial charge in [0.25, 0.3) is 5.91 Å². The van der Waals surface area contributed by atoms with E-state index in [4.69, 9.17) is 4.74 Å². The van der Waals surface area contributed by atoms with Gasteiger partial charge in [-0.3, -0.25) is 9.78 Å². The Morgan fingerprint density at radius 1 is 1.13 bits per heavy atom. The van der Waals surface area contributed by atoms with Gasteiger partial charge in [-0.05, 0) is 56.2 Å². The van der Waals surface area contributed by atoms with Crippen LogP contribution >= 0.6 is 0 Å². The molecule has 0 bridgehead atoms. The first-order valence-electron chi connectivity index (χ1n) is 10.1. The highest BCUT2D eigenvalue weighted by Crippen LogP contribution is 2.25. The minimum absolute atomic E-state index is 0.0855. The number of nitrogens with zero attached hydrogens (tertiary/aromatic N) is 1. The van der Waals surface area contributed by atoms with Gasteiger partial charge in [-0.1, -0.05) is 19.1 Å². The van der Waals surface area contributed by atoms with Gasteiger partial charge in [-0.2, -0.15) is 0 Å². The van der Waals surface area contributed by atoms with Gasteiger partial charge in [0.05, 0.1) is 17.8 Å². The first-order chi connectivity index (χ1) is 14.6. The first kappa shape index (κ1) is 21.3. The molecule has 0 saturated heterocycles. The number of aromatic nitrogens is 1. The zero-order chi connectivity index (χ0) is 21.3. The Morgan fingerprint density at radius 2 is 1.97 bits per heavy atom. The van der Waals surface area contributed by atoms with Crippen LogP contribution < -0.4 is 10.1 Å².